The molecule has 0 radical (unpaired) electrons. The van der Waals surface area contributed by atoms with Gasteiger partial charge in [0.1, 0.15) is 5.54 Å². The highest BCUT2D eigenvalue weighted by atomic mass is 16.3. The Hall–Kier alpha value is -0.400. The van der Waals surface area contributed by atoms with Gasteiger partial charge in [-0.15, -0.1) is 0 Å². The van der Waals surface area contributed by atoms with Crippen LogP contribution in [0.2, 0.25) is 0 Å². The molecule has 0 aliphatic rings. The third-order valence-corrected chi connectivity index (χ3v) is 3.25. The van der Waals surface area contributed by atoms with E-state index in [9.17, 15) is 4.91 Å². The number of rotatable bonds is 3. The van der Waals surface area contributed by atoms with Crippen molar-refractivity contribution in [1.82, 2.24) is 0 Å². The number of nitroso groups, excluding NO2 is 1. The van der Waals surface area contributed by atoms with Crippen LogP contribution in [0.3, 0.4) is 0 Å². The summed E-state index contributed by atoms with van der Waals surface area (Å²) >= 11 is 0. The summed E-state index contributed by atoms with van der Waals surface area (Å²) in [5.74, 6) is 0.468. The summed E-state index contributed by atoms with van der Waals surface area (Å²) in [4.78, 5) is 10.5. The van der Waals surface area contributed by atoms with Crippen molar-refractivity contribution in [3.8, 4) is 0 Å². The van der Waals surface area contributed by atoms with Gasteiger partial charge in [0.2, 0.25) is 0 Å². The van der Waals surface area contributed by atoms with Crippen LogP contribution in [0.25, 0.3) is 0 Å². The summed E-state index contributed by atoms with van der Waals surface area (Å²) in [7, 11) is 0. The highest BCUT2D eigenvalue weighted by molar-refractivity contribution is 4.94. The van der Waals surface area contributed by atoms with Gasteiger partial charge in [0, 0.05) is 0 Å². The normalized spacial score (nSPS) is 13.7. The van der Waals surface area contributed by atoms with Gasteiger partial charge in [-0.05, 0) is 25.2 Å². The van der Waals surface area contributed by atoms with E-state index in [-0.39, 0.29) is 5.41 Å². The molecule has 0 saturated carbocycles. The molecule has 0 heterocycles. The first-order chi connectivity index (χ1) is 4.75. The Bertz CT molecular complexity index is 148. The van der Waals surface area contributed by atoms with E-state index in [1.807, 2.05) is 13.8 Å². The molecule has 0 amide bonds. The van der Waals surface area contributed by atoms with Gasteiger partial charge < -0.3 is 0 Å². The molecule has 66 valence electrons. The summed E-state index contributed by atoms with van der Waals surface area (Å²) in [6.07, 6.45) is 0. The summed E-state index contributed by atoms with van der Waals surface area (Å²) in [6.45, 7) is 12.2. The minimum Gasteiger partial charge on any atom is -0.150 e. The zero-order valence-corrected chi connectivity index (χ0v) is 8.43. The van der Waals surface area contributed by atoms with Gasteiger partial charge >= 0.3 is 0 Å². The van der Waals surface area contributed by atoms with Crippen LogP contribution in [-0.2, 0) is 0 Å². The van der Waals surface area contributed by atoms with E-state index in [1.165, 1.54) is 0 Å². The number of hydrogen-bond donors (Lipinski definition) is 0. The molecule has 11 heavy (non-hydrogen) atoms. The lowest BCUT2D eigenvalue weighted by Crippen LogP contribution is -2.40. The monoisotopic (exact) mass is 157 g/mol. The first-order valence-corrected chi connectivity index (χ1v) is 4.10. The molecule has 0 aromatic heterocycles. The third kappa shape index (κ3) is 1.79. The molecule has 2 heteroatoms. The van der Waals surface area contributed by atoms with Crippen molar-refractivity contribution in [2.75, 3.05) is 0 Å². The molecule has 0 atom stereocenters. The van der Waals surface area contributed by atoms with E-state index >= 15 is 0 Å². The second-order valence-electron chi connectivity index (χ2n) is 4.53. The summed E-state index contributed by atoms with van der Waals surface area (Å²) in [5.41, 5.74) is -0.504. The lowest BCUT2D eigenvalue weighted by Gasteiger charge is -2.39. The van der Waals surface area contributed by atoms with Crippen LogP contribution in [0.5, 0.6) is 0 Å². The van der Waals surface area contributed by atoms with Gasteiger partial charge in [0.25, 0.3) is 0 Å². The Labute approximate surface area is 69.4 Å². The topological polar surface area (TPSA) is 29.4 Å². The van der Waals surface area contributed by atoms with Gasteiger partial charge in [-0.1, -0.05) is 32.9 Å². The molecule has 0 fully saturated rings. The smallest absolute Gasteiger partial charge is 0.102 e. The van der Waals surface area contributed by atoms with Crippen LogP contribution < -0.4 is 0 Å². The maximum atomic E-state index is 10.5. The standard InChI is InChI=1S/C9H19NO/c1-7(2)8(3,4)9(5,6)10-11/h7H,1-6H3. The van der Waals surface area contributed by atoms with Crippen LogP contribution in [-0.4, -0.2) is 5.54 Å². The zero-order chi connectivity index (χ0) is 9.28. The Balaban J connectivity index is 4.66. The molecule has 0 rings (SSSR count). The van der Waals surface area contributed by atoms with Crippen molar-refractivity contribution in [3.05, 3.63) is 4.91 Å². The fourth-order valence-corrected chi connectivity index (χ4v) is 0.824. The Morgan fingerprint density at radius 3 is 1.55 bits per heavy atom. The van der Waals surface area contributed by atoms with Gasteiger partial charge in [-0.3, -0.25) is 0 Å². The molecule has 0 aromatic rings. The van der Waals surface area contributed by atoms with Gasteiger partial charge in [0.05, 0.1) is 0 Å². The lowest BCUT2D eigenvalue weighted by molar-refractivity contribution is 0.132. The highest BCUT2D eigenvalue weighted by Crippen LogP contribution is 2.39. The predicted octanol–water partition coefficient (Wildman–Crippen LogP) is 3.21. The Kier molecular flexibility index (Phi) is 2.81. The highest BCUT2D eigenvalue weighted by Gasteiger charge is 2.40. The second kappa shape index (κ2) is 2.92. The number of hydrogen-bond acceptors (Lipinski definition) is 2. The average molecular weight is 157 g/mol. The van der Waals surface area contributed by atoms with E-state index in [0.29, 0.717) is 5.92 Å². The van der Waals surface area contributed by atoms with Crippen LogP contribution in [0, 0.1) is 16.2 Å². The van der Waals surface area contributed by atoms with Gasteiger partial charge in [-0.2, -0.15) is 4.91 Å². The lowest BCUT2D eigenvalue weighted by atomic mass is 9.68. The zero-order valence-electron chi connectivity index (χ0n) is 8.43. The fraction of sp³-hybridized carbons (Fsp3) is 1.00. The van der Waals surface area contributed by atoms with Crippen molar-refractivity contribution in [2.45, 2.75) is 47.1 Å². The largest absolute Gasteiger partial charge is 0.150 e. The summed E-state index contributed by atoms with van der Waals surface area (Å²) in [5, 5.41) is 3.16. The van der Waals surface area contributed by atoms with Crippen LogP contribution in [0.4, 0.5) is 0 Å². The maximum Gasteiger partial charge on any atom is 0.102 e. The Morgan fingerprint density at radius 1 is 1.09 bits per heavy atom. The molecule has 0 saturated heterocycles. The van der Waals surface area contributed by atoms with Gasteiger partial charge in [0.15, 0.2) is 0 Å². The average Bonchev–Trinajstić information content (AvgIpc) is 1.87. The van der Waals surface area contributed by atoms with E-state index in [0.717, 1.165) is 0 Å². The number of nitrogens with zero attached hydrogens (tertiary/aromatic N) is 1. The van der Waals surface area contributed by atoms with E-state index in [1.54, 1.807) is 0 Å². The second-order valence-corrected chi connectivity index (χ2v) is 4.53. The third-order valence-electron chi connectivity index (χ3n) is 3.25. The molecule has 0 aromatic carbocycles. The van der Waals surface area contributed by atoms with Crippen LogP contribution in [0.1, 0.15) is 41.5 Å². The molecular weight excluding hydrogens is 138 g/mol. The van der Waals surface area contributed by atoms with E-state index in [2.05, 4.69) is 32.9 Å². The minimum absolute atomic E-state index is 0.0330. The molecule has 0 spiro atoms. The summed E-state index contributed by atoms with van der Waals surface area (Å²) in [6, 6.07) is 0. The molecule has 0 unspecified atom stereocenters. The molecule has 0 bridgehead atoms. The van der Waals surface area contributed by atoms with Gasteiger partial charge in [-0.25, -0.2) is 0 Å². The van der Waals surface area contributed by atoms with Crippen molar-refractivity contribution in [2.24, 2.45) is 16.5 Å². The van der Waals surface area contributed by atoms with Crippen LogP contribution >= 0.6 is 0 Å². The summed E-state index contributed by atoms with van der Waals surface area (Å²) < 4.78 is 0. The first kappa shape index (κ1) is 10.6. The molecule has 0 aliphatic heterocycles. The molecule has 0 N–H and O–H groups in total. The first-order valence-electron chi connectivity index (χ1n) is 4.10. The minimum atomic E-state index is -0.471. The van der Waals surface area contributed by atoms with Crippen molar-refractivity contribution >= 4 is 0 Å². The van der Waals surface area contributed by atoms with Crippen molar-refractivity contribution in [1.29, 1.82) is 0 Å². The Morgan fingerprint density at radius 2 is 1.45 bits per heavy atom. The van der Waals surface area contributed by atoms with E-state index in [4.69, 9.17) is 0 Å². The molecule has 2 nitrogen and oxygen atoms in total. The molecule has 0 aliphatic carbocycles. The SMILES string of the molecule is CC(C)C(C)(C)C(C)(C)N=O. The van der Waals surface area contributed by atoms with Crippen LogP contribution in [0.15, 0.2) is 5.18 Å². The molecular formula is C9H19NO. The van der Waals surface area contributed by atoms with E-state index < -0.39 is 5.54 Å². The van der Waals surface area contributed by atoms with Crippen molar-refractivity contribution < 1.29 is 0 Å². The van der Waals surface area contributed by atoms with Crippen molar-refractivity contribution in [3.63, 3.8) is 0 Å². The quantitative estimate of drug-likeness (QED) is 0.578. The maximum absolute atomic E-state index is 10.5. The fourth-order valence-electron chi connectivity index (χ4n) is 0.824. The predicted molar refractivity (Wildman–Crippen MR) is 48.5 cm³/mol.